The van der Waals surface area contributed by atoms with Crippen molar-refractivity contribution in [3.05, 3.63) is 0 Å². The summed E-state index contributed by atoms with van der Waals surface area (Å²) in [5.41, 5.74) is 4.08. The first kappa shape index (κ1) is 16.4. The highest BCUT2D eigenvalue weighted by Gasteiger charge is 2.33. The van der Waals surface area contributed by atoms with Gasteiger partial charge in [0, 0.05) is 0 Å². The predicted molar refractivity (Wildman–Crippen MR) is 64.3 cm³/mol. The van der Waals surface area contributed by atoms with Crippen LogP contribution in [0.2, 0.25) is 0 Å². The fourth-order valence-electron chi connectivity index (χ4n) is 1.01. The Balaban J connectivity index is 4.90. The monoisotopic (exact) mass is 282 g/mol. The number of ether oxygens (including phenoxy) is 1. The molecule has 10 heteroatoms. The van der Waals surface area contributed by atoms with Crippen LogP contribution in [0.15, 0.2) is 5.16 Å². The number of rotatable bonds is 6. The highest BCUT2D eigenvalue weighted by molar-refractivity contribution is 7.88. The minimum atomic E-state index is -4.17. The lowest BCUT2D eigenvalue weighted by Crippen LogP contribution is -2.58. The molecule has 0 aromatic heterocycles. The van der Waals surface area contributed by atoms with E-state index in [-0.39, 0.29) is 18.9 Å². The number of hydrogen-bond acceptors (Lipinski definition) is 6. The van der Waals surface area contributed by atoms with Crippen molar-refractivity contribution in [1.29, 1.82) is 0 Å². The quantitative estimate of drug-likeness (QED) is 0.223. The molecular weight excluding hydrogens is 264 g/mol. The number of hydrogen-bond donors (Lipinski definition) is 4. The molecule has 0 aromatic rings. The van der Waals surface area contributed by atoms with E-state index in [0.717, 1.165) is 0 Å². The van der Waals surface area contributed by atoms with Crippen LogP contribution in [0.1, 0.15) is 27.2 Å². The van der Waals surface area contributed by atoms with Gasteiger partial charge >= 0.3 is 16.3 Å². The van der Waals surface area contributed by atoms with E-state index in [0.29, 0.717) is 0 Å². The maximum Gasteiger partial charge on any atom is 0.421 e. The van der Waals surface area contributed by atoms with Crippen molar-refractivity contribution in [2.75, 3.05) is 6.61 Å². The molecule has 0 spiro atoms. The van der Waals surface area contributed by atoms with Gasteiger partial charge in [-0.3, -0.25) is 0 Å². The largest absolute Gasteiger partial charge is 0.449 e. The minimum Gasteiger partial charge on any atom is -0.449 e. The fourth-order valence-corrected chi connectivity index (χ4v) is 2.18. The third-order valence-electron chi connectivity index (χ3n) is 2.23. The number of amides is 1. The first-order valence-corrected chi connectivity index (χ1v) is 6.65. The number of nitrogens with two attached hydrogens (primary N) is 1. The summed E-state index contributed by atoms with van der Waals surface area (Å²) in [7, 11) is -4.17. The molecule has 106 valence electrons. The van der Waals surface area contributed by atoms with Gasteiger partial charge in [-0.2, -0.15) is 13.1 Å². The molecule has 0 bridgehead atoms. The first-order valence-electron chi connectivity index (χ1n) is 5.17. The Kier molecular flexibility index (Phi) is 5.85. The molecule has 0 aliphatic carbocycles. The lowest BCUT2D eigenvalue weighted by Gasteiger charge is -2.27. The number of amidine groups is 1. The molecule has 0 saturated carbocycles. The van der Waals surface area contributed by atoms with Gasteiger partial charge in [-0.15, -0.1) is 0 Å². The van der Waals surface area contributed by atoms with Gasteiger partial charge in [0.2, 0.25) is 0 Å². The van der Waals surface area contributed by atoms with Crippen LogP contribution >= 0.6 is 0 Å². The standard InChI is InChI=1S/C8H18N4O5S/c1-4-8(3,6(9)10-14)12-18(15,16)11-7(13)17-5-2/h12,14H,4-5H2,1-3H3,(H2,9,10)(H,11,13). The predicted octanol–water partition coefficient (Wildman–Crippen LogP) is -0.518. The molecule has 0 fully saturated rings. The van der Waals surface area contributed by atoms with E-state index in [9.17, 15) is 13.2 Å². The van der Waals surface area contributed by atoms with Crippen molar-refractivity contribution in [2.24, 2.45) is 10.9 Å². The van der Waals surface area contributed by atoms with Gasteiger partial charge in [-0.05, 0) is 20.3 Å². The second-order valence-electron chi connectivity index (χ2n) is 3.60. The van der Waals surface area contributed by atoms with E-state index in [4.69, 9.17) is 10.9 Å². The SMILES string of the molecule is CCOC(=O)NS(=O)(=O)NC(C)(CC)C(N)=NO. The van der Waals surface area contributed by atoms with Crippen LogP contribution in [0, 0.1) is 0 Å². The maximum absolute atomic E-state index is 11.6. The average molecular weight is 282 g/mol. The van der Waals surface area contributed by atoms with Gasteiger partial charge in [-0.1, -0.05) is 12.1 Å². The summed E-state index contributed by atoms with van der Waals surface area (Å²) in [6.07, 6.45) is -0.893. The molecule has 1 amide bonds. The Morgan fingerprint density at radius 2 is 2.06 bits per heavy atom. The lowest BCUT2D eigenvalue weighted by atomic mass is 10.00. The molecule has 0 saturated heterocycles. The van der Waals surface area contributed by atoms with E-state index >= 15 is 0 Å². The summed E-state index contributed by atoms with van der Waals surface area (Å²) < 4.78 is 31.4. The van der Waals surface area contributed by atoms with E-state index in [2.05, 4.69) is 14.6 Å². The number of nitrogens with zero attached hydrogens (tertiary/aromatic N) is 1. The van der Waals surface area contributed by atoms with Crippen LogP contribution in [0.3, 0.4) is 0 Å². The van der Waals surface area contributed by atoms with Crippen LogP contribution < -0.4 is 15.2 Å². The molecule has 0 aromatic carbocycles. The third kappa shape index (κ3) is 4.75. The molecule has 5 N–H and O–H groups in total. The van der Waals surface area contributed by atoms with Crippen molar-refractivity contribution in [1.82, 2.24) is 9.44 Å². The van der Waals surface area contributed by atoms with Gasteiger partial charge in [0.05, 0.1) is 12.1 Å². The van der Waals surface area contributed by atoms with Crippen LogP contribution in [0.25, 0.3) is 0 Å². The molecule has 0 aliphatic rings. The summed E-state index contributed by atoms with van der Waals surface area (Å²) in [6, 6.07) is 0. The average Bonchev–Trinajstić information content (AvgIpc) is 2.26. The van der Waals surface area contributed by atoms with Crippen LogP contribution in [-0.4, -0.2) is 37.7 Å². The van der Waals surface area contributed by atoms with E-state index < -0.39 is 21.8 Å². The normalized spacial score (nSPS) is 15.8. The van der Waals surface area contributed by atoms with E-state index in [1.165, 1.54) is 13.8 Å². The lowest BCUT2D eigenvalue weighted by molar-refractivity contribution is 0.158. The minimum absolute atomic E-state index is 0.0344. The molecule has 18 heavy (non-hydrogen) atoms. The summed E-state index contributed by atoms with van der Waals surface area (Å²) in [5, 5.41) is 11.3. The van der Waals surface area contributed by atoms with Crippen molar-refractivity contribution < 1.29 is 23.2 Å². The van der Waals surface area contributed by atoms with Crippen LogP contribution in [0.4, 0.5) is 4.79 Å². The second kappa shape index (κ2) is 6.40. The molecule has 1 atom stereocenters. The van der Waals surface area contributed by atoms with Crippen molar-refractivity contribution in [2.45, 2.75) is 32.7 Å². The van der Waals surface area contributed by atoms with Gasteiger partial charge in [0.25, 0.3) is 0 Å². The molecule has 0 rings (SSSR count). The Hall–Kier alpha value is -1.55. The van der Waals surface area contributed by atoms with Crippen LogP contribution in [0.5, 0.6) is 0 Å². The van der Waals surface area contributed by atoms with E-state index in [1.807, 2.05) is 0 Å². The van der Waals surface area contributed by atoms with Gasteiger partial charge in [0.15, 0.2) is 5.84 Å². The summed E-state index contributed by atoms with van der Waals surface area (Å²) in [5.74, 6) is -0.320. The van der Waals surface area contributed by atoms with Crippen molar-refractivity contribution in [3.63, 3.8) is 0 Å². The first-order chi connectivity index (χ1) is 8.20. The molecule has 1 unspecified atom stereocenters. The molecule has 0 radical (unpaired) electrons. The molecule has 0 aliphatic heterocycles. The maximum atomic E-state index is 11.6. The smallest absolute Gasteiger partial charge is 0.421 e. The highest BCUT2D eigenvalue weighted by atomic mass is 32.2. The molecule has 0 heterocycles. The number of oxime groups is 1. The van der Waals surface area contributed by atoms with Crippen molar-refractivity contribution in [3.8, 4) is 0 Å². The number of carbonyl (C=O) groups is 1. The zero-order chi connectivity index (χ0) is 14.4. The number of carbonyl (C=O) groups excluding carboxylic acids is 1. The Morgan fingerprint density at radius 1 is 1.50 bits per heavy atom. The topological polar surface area (TPSA) is 143 Å². The summed E-state index contributed by atoms with van der Waals surface area (Å²) in [4.78, 5) is 11.0. The zero-order valence-corrected chi connectivity index (χ0v) is 11.2. The van der Waals surface area contributed by atoms with Crippen LogP contribution in [-0.2, 0) is 14.9 Å². The second-order valence-corrected chi connectivity index (χ2v) is 5.01. The summed E-state index contributed by atoms with van der Waals surface area (Å²) >= 11 is 0. The van der Waals surface area contributed by atoms with E-state index in [1.54, 1.807) is 11.6 Å². The fraction of sp³-hybridized carbons (Fsp3) is 0.750. The van der Waals surface area contributed by atoms with Gasteiger partial charge in [-0.25, -0.2) is 9.52 Å². The Bertz CT molecular complexity index is 421. The molecule has 9 nitrogen and oxygen atoms in total. The van der Waals surface area contributed by atoms with Gasteiger partial charge < -0.3 is 15.7 Å². The van der Waals surface area contributed by atoms with Crippen molar-refractivity contribution >= 4 is 22.1 Å². The summed E-state index contributed by atoms with van der Waals surface area (Å²) in [6.45, 7) is 4.61. The van der Waals surface area contributed by atoms with Gasteiger partial charge in [0.1, 0.15) is 0 Å². The number of nitrogens with one attached hydrogen (secondary N) is 2. The molecular formula is C8H18N4O5S. The Labute approximate surface area is 106 Å². The third-order valence-corrected chi connectivity index (χ3v) is 3.39. The zero-order valence-electron chi connectivity index (χ0n) is 10.4. The Morgan fingerprint density at radius 3 is 2.44 bits per heavy atom. The highest BCUT2D eigenvalue weighted by Crippen LogP contribution is 2.10.